The molecule has 0 aliphatic carbocycles. The van der Waals surface area contributed by atoms with Gasteiger partial charge in [-0.25, -0.2) is 0 Å². The van der Waals surface area contributed by atoms with Gasteiger partial charge in [0.15, 0.2) is 0 Å². The number of aliphatic hydroxyl groups is 1. The minimum absolute atomic E-state index is 0.143. The molecule has 0 aromatic carbocycles. The van der Waals surface area contributed by atoms with Crippen LogP contribution in [-0.2, 0) is 0 Å². The van der Waals surface area contributed by atoms with Crippen LogP contribution >= 0.6 is 0 Å². The largest absolute Gasteiger partial charge is 0.393 e. The zero-order valence-electron chi connectivity index (χ0n) is 9.71. The molecule has 1 N–H and O–H groups in total. The predicted octanol–water partition coefficient (Wildman–Crippen LogP) is 2.41. The third-order valence-corrected chi connectivity index (χ3v) is 3.30. The van der Waals surface area contributed by atoms with E-state index in [1.807, 2.05) is 6.92 Å². The molecule has 0 saturated carbocycles. The Morgan fingerprint density at radius 3 is 2.79 bits per heavy atom. The maximum atomic E-state index is 9.29. The Hall–Kier alpha value is -0.0800. The van der Waals surface area contributed by atoms with Crippen LogP contribution < -0.4 is 0 Å². The van der Waals surface area contributed by atoms with Crippen molar-refractivity contribution in [3.8, 4) is 0 Å². The summed E-state index contributed by atoms with van der Waals surface area (Å²) in [5, 5.41) is 9.29. The maximum Gasteiger partial charge on any atom is 0.0524 e. The number of aliphatic hydroxyl groups excluding tert-OH is 1. The topological polar surface area (TPSA) is 23.5 Å². The van der Waals surface area contributed by atoms with Gasteiger partial charge in [-0.1, -0.05) is 19.8 Å². The summed E-state index contributed by atoms with van der Waals surface area (Å²) >= 11 is 0. The predicted molar refractivity (Wildman–Crippen MR) is 60.4 cm³/mol. The zero-order chi connectivity index (χ0) is 10.4. The van der Waals surface area contributed by atoms with Crippen LogP contribution in [-0.4, -0.2) is 35.2 Å². The number of hydrogen-bond acceptors (Lipinski definition) is 2. The number of hydrogen-bond donors (Lipinski definition) is 1. The Balaban J connectivity index is 2.36. The molecule has 0 aromatic heterocycles. The van der Waals surface area contributed by atoms with Gasteiger partial charge >= 0.3 is 0 Å². The monoisotopic (exact) mass is 199 g/mol. The van der Waals surface area contributed by atoms with Crippen molar-refractivity contribution in [1.82, 2.24) is 4.90 Å². The lowest BCUT2D eigenvalue weighted by Crippen LogP contribution is -2.36. The van der Waals surface area contributed by atoms with Crippen LogP contribution in [0.2, 0.25) is 0 Å². The first-order valence-electron chi connectivity index (χ1n) is 6.16. The van der Waals surface area contributed by atoms with E-state index in [-0.39, 0.29) is 6.10 Å². The number of likely N-dealkylation sites (tertiary alicyclic amines) is 1. The van der Waals surface area contributed by atoms with Gasteiger partial charge in [-0.15, -0.1) is 0 Å². The summed E-state index contributed by atoms with van der Waals surface area (Å²) in [6.07, 6.45) is 7.53. The standard InChI is InChI=1S/C12H25NO/c1-3-12-7-5-4-6-9-13(12)10-8-11(2)14/h11-12,14H,3-10H2,1-2H3. The average molecular weight is 199 g/mol. The van der Waals surface area contributed by atoms with Gasteiger partial charge in [0.1, 0.15) is 0 Å². The molecule has 2 nitrogen and oxygen atoms in total. The average Bonchev–Trinajstić information content (AvgIpc) is 2.38. The van der Waals surface area contributed by atoms with E-state index < -0.39 is 0 Å². The summed E-state index contributed by atoms with van der Waals surface area (Å²) in [5.74, 6) is 0. The molecule has 0 bridgehead atoms. The van der Waals surface area contributed by atoms with Crippen molar-refractivity contribution < 1.29 is 5.11 Å². The SMILES string of the molecule is CCC1CCCCCN1CCC(C)O. The molecule has 2 atom stereocenters. The van der Waals surface area contributed by atoms with Gasteiger partial charge < -0.3 is 10.0 Å². The molecule has 1 aliphatic rings. The molecule has 0 spiro atoms. The third-order valence-electron chi connectivity index (χ3n) is 3.30. The van der Waals surface area contributed by atoms with Crippen molar-refractivity contribution in [2.45, 2.75) is 64.5 Å². The summed E-state index contributed by atoms with van der Waals surface area (Å²) in [7, 11) is 0. The Morgan fingerprint density at radius 1 is 1.36 bits per heavy atom. The molecule has 0 radical (unpaired) electrons. The molecule has 1 fully saturated rings. The molecule has 0 aromatic rings. The van der Waals surface area contributed by atoms with E-state index in [0.29, 0.717) is 0 Å². The lowest BCUT2D eigenvalue weighted by molar-refractivity contribution is 0.133. The highest BCUT2D eigenvalue weighted by molar-refractivity contribution is 4.74. The number of rotatable bonds is 4. The molecule has 1 rings (SSSR count). The van der Waals surface area contributed by atoms with E-state index in [1.54, 1.807) is 0 Å². The summed E-state index contributed by atoms with van der Waals surface area (Å²) in [4.78, 5) is 2.58. The Labute approximate surface area is 88.3 Å². The van der Waals surface area contributed by atoms with Gasteiger partial charge in [0.05, 0.1) is 6.10 Å². The molecular weight excluding hydrogens is 174 g/mol. The second-order valence-corrected chi connectivity index (χ2v) is 4.59. The normalized spacial score (nSPS) is 27.2. The van der Waals surface area contributed by atoms with Crippen molar-refractivity contribution in [1.29, 1.82) is 0 Å². The minimum atomic E-state index is -0.143. The summed E-state index contributed by atoms with van der Waals surface area (Å²) in [6.45, 7) is 6.49. The van der Waals surface area contributed by atoms with Crippen LogP contribution in [0, 0.1) is 0 Å². The zero-order valence-corrected chi connectivity index (χ0v) is 9.71. The fourth-order valence-corrected chi connectivity index (χ4v) is 2.35. The van der Waals surface area contributed by atoms with Crippen molar-refractivity contribution >= 4 is 0 Å². The van der Waals surface area contributed by atoms with Crippen LogP contribution in [0.5, 0.6) is 0 Å². The van der Waals surface area contributed by atoms with E-state index in [9.17, 15) is 5.11 Å². The molecule has 84 valence electrons. The first-order valence-corrected chi connectivity index (χ1v) is 6.16. The molecular formula is C12H25NO. The first-order chi connectivity index (χ1) is 6.74. The summed E-state index contributed by atoms with van der Waals surface area (Å²) < 4.78 is 0. The maximum absolute atomic E-state index is 9.29. The second-order valence-electron chi connectivity index (χ2n) is 4.59. The van der Waals surface area contributed by atoms with E-state index in [2.05, 4.69) is 11.8 Å². The van der Waals surface area contributed by atoms with Gasteiger partial charge in [0, 0.05) is 12.6 Å². The van der Waals surface area contributed by atoms with Gasteiger partial charge in [-0.2, -0.15) is 0 Å². The van der Waals surface area contributed by atoms with Crippen molar-refractivity contribution in [3.05, 3.63) is 0 Å². The first kappa shape index (κ1) is 12.0. The number of nitrogens with zero attached hydrogens (tertiary/aromatic N) is 1. The molecule has 2 unspecified atom stereocenters. The highest BCUT2D eigenvalue weighted by atomic mass is 16.3. The van der Waals surface area contributed by atoms with Crippen molar-refractivity contribution in [2.75, 3.05) is 13.1 Å². The van der Waals surface area contributed by atoms with Crippen LogP contribution in [0.25, 0.3) is 0 Å². The minimum Gasteiger partial charge on any atom is -0.393 e. The fraction of sp³-hybridized carbons (Fsp3) is 1.00. The quantitative estimate of drug-likeness (QED) is 0.751. The second kappa shape index (κ2) is 6.41. The van der Waals surface area contributed by atoms with Gasteiger partial charge in [-0.05, 0) is 39.2 Å². The Kier molecular flexibility index (Phi) is 5.49. The molecule has 1 heterocycles. The Morgan fingerprint density at radius 2 is 2.14 bits per heavy atom. The van der Waals surface area contributed by atoms with E-state index >= 15 is 0 Å². The van der Waals surface area contributed by atoms with Gasteiger partial charge in [0.25, 0.3) is 0 Å². The summed E-state index contributed by atoms with van der Waals surface area (Å²) in [5.41, 5.74) is 0. The van der Waals surface area contributed by atoms with E-state index in [1.165, 1.54) is 38.6 Å². The van der Waals surface area contributed by atoms with E-state index in [0.717, 1.165) is 19.0 Å². The van der Waals surface area contributed by atoms with Crippen LogP contribution in [0.3, 0.4) is 0 Å². The molecule has 1 aliphatic heterocycles. The van der Waals surface area contributed by atoms with E-state index in [4.69, 9.17) is 0 Å². The van der Waals surface area contributed by atoms with Gasteiger partial charge in [-0.3, -0.25) is 0 Å². The molecule has 1 saturated heterocycles. The summed E-state index contributed by atoms with van der Waals surface area (Å²) in [6, 6.07) is 0.774. The van der Waals surface area contributed by atoms with Gasteiger partial charge in [0.2, 0.25) is 0 Å². The highest BCUT2D eigenvalue weighted by Crippen LogP contribution is 2.19. The smallest absolute Gasteiger partial charge is 0.0524 e. The van der Waals surface area contributed by atoms with Crippen molar-refractivity contribution in [3.63, 3.8) is 0 Å². The molecule has 14 heavy (non-hydrogen) atoms. The van der Waals surface area contributed by atoms with Crippen molar-refractivity contribution in [2.24, 2.45) is 0 Å². The highest BCUT2D eigenvalue weighted by Gasteiger charge is 2.18. The lowest BCUT2D eigenvalue weighted by atomic mass is 10.1. The molecule has 0 amide bonds. The van der Waals surface area contributed by atoms with Crippen LogP contribution in [0.4, 0.5) is 0 Å². The van der Waals surface area contributed by atoms with Crippen LogP contribution in [0.15, 0.2) is 0 Å². The third kappa shape index (κ3) is 3.97. The fourth-order valence-electron chi connectivity index (χ4n) is 2.35. The van der Waals surface area contributed by atoms with Crippen LogP contribution in [0.1, 0.15) is 52.4 Å². The Bertz CT molecular complexity index is 147. The molecule has 2 heteroatoms. The lowest BCUT2D eigenvalue weighted by Gasteiger charge is -2.29.